The second-order valence-corrected chi connectivity index (χ2v) is 4.04. The summed E-state index contributed by atoms with van der Waals surface area (Å²) in [6.07, 6.45) is 1.43. The molecule has 106 valence electrons. The molecule has 0 radical (unpaired) electrons. The summed E-state index contributed by atoms with van der Waals surface area (Å²) in [4.78, 5) is 15.4. The van der Waals surface area contributed by atoms with Crippen molar-refractivity contribution in [3.05, 3.63) is 59.2 Å². The van der Waals surface area contributed by atoms with Gasteiger partial charge in [0.05, 0.1) is 18.7 Å². The quantitative estimate of drug-likeness (QED) is 0.807. The average molecular weight is 286 g/mol. The third-order valence-corrected chi connectivity index (χ3v) is 2.72. The molecule has 0 bridgehead atoms. The molecular weight excluding hydrogens is 275 g/mol. The number of carbonyl (C=O) groups is 1. The van der Waals surface area contributed by atoms with E-state index in [1.165, 1.54) is 31.5 Å². The lowest BCUT2D eigenvalue weighted by Crippen LogP contribution is -2.08. The van der Waals surface area contributed by atoms with E-state index in [0.29, 0.717) is 11.1 Å². The van der Waals surface area contributed by atoms with Crippen molar-refractivity contribution in [1.82, 2.24) is 4.98 Å². The number of aromatic nitrogens is 1. The number of halogens is 1. The van der Waals surface area contributed by atoms with Crippen molar-refractivity contribution >= 4 is 5.97 Å². The summed E-state index contributed by atoms with van der Waals surface area (Å²) in [5.74, 6) is -0.894. The number of nitriles is 1. The minimum atomic E-state index is -0.634. The molecule has 1 aromatic carbocycles. The summed E-state index contributed by atoms with van der Waals surface area (Å²) in [6.45, 7) is -0.0592. The van der Waals surface area contributed by atoms with Gasteiger partial charge < -0.3 is 9.47 Å². The van der Waals surface area contributed by atoms with E-state index in [0.717, 1.165) is 0 Å². The van der Waals surface area contributed by atoms with E-state index in [4.69, 9.17) is 10.00 Å². The van der Waals surface area contributed by atoms with Gasteiger partial charge in [-0.25, -0.2) is 14.2 Å². The first-order valence-corrected chi connectivity index (χ1v) is 6.00. The lowest BCUT2D eigenvalue weighted by Gasteiger charge is -2.10. The van der Waals surface area contributed by atoms with Crippen LogP contribution in [0.4, 0.5) is 4.39 Å². The molecule has 0 aliphatic rings. The van der Waals surface area contributed by atoms with E-state index < -0.39 is 11.8 Å². The molecule has 0 unspecified atom stereocenters. The maximum Gasteiger partial charge on any atom is 0.360 e. The molecule has 1 heterocycles. The number of rotatable bonds is 4. The summed E-state index contributed by atoms with van der Waals surface area (Å²) < 4.78 is 23.3. The predicted molar refractivity (Wildman–Crippen MR) is 71.0 cm³/mol. The minimum Gasteiger partial charge on any atom is -0.486 e. The first-order chi connectivity index (χ1) is 10.2. The van der Waals surface area contributed by atoms with Crippen molar-refractivity contribution < 1.29 is 18.7 Å². The summed E-state index contributed by atoms with van der Waals surface area (Å²) in [6, 6.07) is 8.88. The Hall–Kier alpha value is -2.94. The largest absolute Gasteiger partial charge is 0.486 e. The smallest absolute Gasteiger partial charge is 0.360 e. The molecule has 5 nitrogen and oxygen atoms in total. The zero-order valence-electron chi connectivity index (χ0n) is 11.2. The summed E-state index contributed by atoms with van der Waals surface area (Å²) in [7, 11) is 1.24. The number of esters is 1. The highest BCUT2D eigenvalue weighted by atomic mass is 19.1. The zero-order valence-corrected chi connectivity index (χ0v) is 11.2. The molecule has 0 saturated heterocycles. The van der Waals surface area contributed by atoms with Crippen molar-refractivity contribution in [2.24, 2.45) is 0 Å². The average Bonchev–Trinajstić information content (AvgIpc) is 2.52. The molecule has 0 saturated carbocycles. The Labute approximate surface area is 120 Å². The Morgan fingerprint density at radius 3 is 2.95 bits per heavy atom. The van der Waals surface area contributed by atoms with Crippen molar-refractivity contribution in [2.75, 3.05) is 7.11 Å². The molecule has 0 aliphatic heterocycles. The van der Waals surface area contributed by atoms with Crippen molar-refractivity contribution in [1.29, 1.82) is 5.26 Å². The summed E-state index contributed by atoms with van der Waals surface area (Å²) >= 11 is 0. The van der Waals surface area contributed by atoms with E-state index in [-0.39, 0.29) is 18.1 Å². The van der Waals surface area contributed by atoms with Crippen LogP contribution in [-0.2, 0) is 11.3 Å². The fourth-order valence-corrected chi connectivity index (χ4v) is 1.70. The van der Waals surface area contributed by atoms with Gasteiger partial charge in [-0.05, 0) is 30.3 Å². The molecule has 1 aromatic heterocycles. The van der Waals surface area contributed by atoms with Crippen molar-refractivity contribution in [3.63, 3.8) is 0 Å². The number of hydrogen-bond acceptors (Lipinski definition) is 5. The monoisotopic (exact) mass is 286 g/mol. The Balaban J connectivity index is 2.23. The van der Waals surface area contributed by atoms with E-state index in [9.17, 15) is 9.18 Å². The molecule has 0 amide bonds. The van der Waals surface area contributed by atoms with Crippen LogP contribution < -0.4 is 4.74 Å². The van der Waals surface area contributed by atoms with E-state index in [1.54, 1.807) is 12.1 Å². The number of nitrogens with zero attached hydrogens (tertiary/aromatic N) is 2. The van der Waals surface area contributed by atoms with E-state index >= 15 is 0 Å². The van der Waals surface area contributed by atoms with Gasteiger partial charge in [-0.2, -0.15) is 5.26 Å². The van der Waals surface area contributed by atoms with Crippen LogP contribution in [0.3, 0.4) is 0 Å². The van der Waals surface area contributed by atoms with Crippen LogP contribution >= 0.6 is 0 Å². The maximum absolute atomic E-state index is 13.2. The van der Waals surface area contributed by atoms with Crippen LogP contribution in [0.15, 0.2) is 36.5 Å². The highest BCUT2D eigenvalue weighted by Gasteiger charge is 2.15. The number of ether oxygens (including phenoxy) is 2. The lowest BCUT2D eigenvalue weighted by molar-refractivity contribution is 0.0588. The third kappa shape index (κ3) is 3.34. The summed E-state index contributed by atoms with van der Waals surface area (Å²) in [5.41, 5.74) is 0.715. The zero-order chi connectivity index (χ0) is 15.2. The minimum absolute atomic E-state index is 0.0231. The molecule has 0 atom stereocenters. The standard InChI is InChI=1S/C15H11FN2O3/c1-20-15(19)14-13(3-2-6-18-14)21-9-11-7-12(16)5-4-10(11)8-17/h2-7H,9H2,1H3. The Morgan fingerprint density at radius 2 is 2.24 bits per heavy atom. The Kier molecular flexibility index (Phi) is 4.46. The maximum atomic E-state index is 13.2. The van der Waals surface area contributed by atoms with Gasteiger partial charge in [-0.3, -0.25) is 0 Å². The summed E-state index contributed by atoms with van der Waals surface area (Å²) in [5, 5.41) is 8.97. The van der Waals surface area contributed by atoms with Gasteiger partial charge in [-0.1, -0.05) is 0 Å². The molecule has 0 fully saturated rings. The van der Waals surface area contributed by atoms with Gasteiger partial charge in [0.1, 0.15) is 12.4 Å². The van der Waals surface area contributed by atoms with E-state index in [1.807, 2.05) is 6.07 Å². The van der Waals surface area contributed by atoms with E-state index in [2.05, 4.69) is 9.72 Å². The third-order valence-electron chi connectivity index (χ3n) is 2.72. The highest BCUT2D eigenvalue weighted by molar-refractivity contribution is 5.90. The van der Waals surface area contributed by atoms with Gasteiger partial charge in [0.15, 0.2) is 11.4 Å². The molecule has 0 aliphatic carbocycles. The first-order valence-electron chi connectivity index (χ1n) is 6.00. The number of hydrogen-bond donors (Lipinski definition) is 0. The highest BCUT2D eigenvalue weighted by Crippen LogP contribution is 2.19. The fourth-order valence-electron chi connectivity index (χ4n) is 1.70. The van der Waals surface area contributed by atoms with Crippen LogP contribution in [0.25, 0.3) is 0 Å². The van der Waals surface area contributed by atoms with Gasteiger partial charge >= 0.3 is 5.97 Å². The van der Waals surface area contributed by atoms with Gasteiger partial charge in [0.2, 0.25) is 0 Å². The SMILES string of the molecule is COC(=O)c1ncccc1OCc1cc(F)ccc1C#N. The van der Waals surface area contributed by atoms with Gasteiger partial charge in [0, 0.05) is 11.8 Å². The van der Waals surface area contributed by atoms with Crippen LogP contribution in [-0.4, -0.2) is 18.1 Å². The van der Waals surface area contributed by atoms with Crippen LogP contribution in [0.2, 0.25) is 0 Å². The number of benzene rings is 1. The van der Waals surface area contributed by atoms with Crippen LogP contribution in [0.1, 0.15) is 21.6 Å². The fraction of sp³-hybridized carbons (Fsp3) is 0.133. The van der Waals surface area contributed by atoms with Gasteiger partial charge in [-0.15, -0.1) is 0 Å². The van der Waals surface area contributed by atoms with Crippen LogP contribution in [0.5, 0.6) is 5.75 Å². The molecule has 0 spiro atoms. The van der Waals surface area contributed by atoms with Gasteiger partial charge in [0.25, 0.3) is 0 Å². The second-order valence-electron chi connectivity index (χ2n) is 4.04. The molecule has 6 heteroatoms. The Bertz CT molecular complexity index is 710. The number of methoxy groups -OCH3 is 1. The Morgan fingerprint density at radius 1 is 1.43 bits per heavy atom. The number of pyridine rings is 1. The molecule has 2 aromatic rings. The number of carbonyl (C=O) groups excluding carboxylic acids is 1. The first kappa shape index (κ1) is 14.5. The second kappa shape index (κ2) is 6.48. The van der Waals surface area contributed by atoms with Crippen LogP contribution in [0, 0.1) is 17.1 Å². The molecule has 0 N–H and O–H groups in total. The predicted octanol–water partition coefficient (Wildman–Crippen LogP) is 2.46. The topological polar surface area (TPSA) is 72.2 Å². The molecule has 2 rings (SSSR count). The lowest BCUT2D eigenvalue weighted by atomic mass is 10.1. The normalized spacial score (nSPS) is 9.76. The molecule has 21 heavy (non-hydrogen) atoms. The molecular formula is C15H11FN2O3. The van der Waals surface area contributed by atoms with Crippen molar-refractivity contribution in [3.8, 4) is 11.8 Å². The van der Waals surface area contributed by atoms with Crippen molar-refractivity contribution in [2.45, 2.75) is 6.61 Å².